The molecule has 0 fully saturated rings. The smallest absolute Gasteiger partial charge is 0.306 e. The van der Waals surface area contributed by atoms with E-state index in [1.165, 1.54) is 5.57 Å². The van der Waals surface area contributed by atoms with Crippen molar-refractivity contribution in [2.75, 3.05) is 0 Å². The summed E-state index contributed by atoms with van der Waals surface area (Å²) in [6, 6.07) is 0. The first-order valence-corrected chi connectivity index (χ1v) is 9.45. The predicted molar refractivity (Wildman–Crippen MR) is 105 cm³/mol. The van der Waals surface area contributed by atoms with Crippen LogP contribution in [0.5, 0.6) is 0 Å². The Hall–Kier alpha value is -1.68. The fraction of sp³-hybridized carbons (Fsp3) is 0.636. The van der Waals surface area contributed by atoms with Gasteiger partial charge >= 0.3 is 5.97 Å². The van der Waals surface area contributed by atoms with E-state index in [4.69, 9.17) is 0 Å². The van der Waals surface area contributed by atoms with E-state index in [2.05, 4.69) is 13.2 Å². The zero-order valence-electron chi connectivity index (χ0n) is 16.6. The minimum absolute atomic E-state index is 0.0873. The SMILES string of the molecule is C=CC1CC(C(=C)C)(C(=O)C(O)CC[C@@H](CC(C)C)C(=O)O)CC=C1C. The van der Waals surface area contributed by atoms with Crippen LogP contribution in [0.1, 0.15) is 59.8 Å². The number of carbonyl (C=O) groups is 2. The van der Waals surface area contributed by atoms with Gasteiger partial charge < -0.3 is 10.2 Å². The molecule has 0 aliphatic heterocycles. The first-order chi connectivity index (χ1) is 12.0. The van der Waals surface area contributed by atoms with E-state index < -0.39 is 23.4 Å². The van der Waals surface area contributed by atoms with E-state index in [0.29, 0.717) is 25.7 Å². The van der Waals surface area contributed by atoms with Crippen molar-refractivity contribution < 1.29 is 19.8 Å². The zero-order chi connectivity index (χ0) is 20.1. The standard InChI is InChI=1S/C22H34O4/c1-7-17-13-22(15(4)5,11-10-16(17)6)20(24)19(23)9-8-18(21(25)26)12-14(2)3/h7,10,14,17-19,23H,1,4,8-9,11-13H2,2-3,5-6H3,(H,25,26)/t17?,18-,19?,22?/m0/s1. The third-order valence-corrected chi connectivity index (χ3v) is 5.70. The molecule has 0 radical (unpaired) electrons. The second kappa shape index (κ2) is 9.31. The number of hydrogen-bond acceptors (Lipinski definition) is 3. The summed E-state index contributed by atoms with van der Waals surface area (Å²) >= 11 is 0. The molecule has 3 unspecified atom stereocenters. The molecule has 0 aromatic rings. The van der Waals surface area contributed by atoms with Crippen molar-refractivity contribution in [1.29, 1.82) is 0 Å². The number of Topliss-reactive ketones (excluding diaryl/α,β-unsaturated/α-hetero) is 1. The van der Waals surface area contributed by atoms with Crippen LogP contribution in [-0.2, 0) is 9.59 Å². The normalized spacial score (nSPS) is 25.3. The van der Waals surface area contributed by atoms with Crippen LogP contribution in [0.15, 0.2) is 36.5 Å². The van der Waals surface area contributed by atoms with E-state index in [0.717, 1.165) is 5.57 Å². The maximum Gasteiger partial charge on any atom is 0.306 e. The molecule has 4 nitrogen and oxygen atoms in total. The number of aliphatic hydroxyl groups is 1. The molecule has 0 spiro atoms. The minimum atomic E-state index is -1.17. The lowest BCUT2D eigenvalue weighted by Gasteiger charge is -2.40. The Morgan fingerprint density at radius 2 is 2.00 bits per heavy atom. The van der Waals surface area contributed by atoms with Crippen molar-refractivity contribution in [3.63, 3.8) is 0 Å². The van der Waals surface area contributed by atoms with Crippen molar-refractivity contribution in [2.24, 2.45) is 23.2 Å². The summed E-state index contributed by atoms with van der Waals surface area (Å²) in [6.07, 6.45) is 4.81. The van der Waals surface area contributed by atoms with Crippen molar-refractivity contribution in [2.45, 2.75) is 65.9 Å². The topological polar surface area (TPSA) is 74.6 Å². The molecule has 0 amide bonds. The molecule has 26 heavy (non-hydrogen) atoms. The molecule has 0 aromatic carbocycles. The molecule has 1 aliphatic rings. The monoisotopic (exact) mass is 362 g/mol. The number of rotatable bonds is 10. The maximum atomic E-state index is 13.1. The van der Waals surface area contributed by atoms with E-state index in [1.54, 1.807) is 0 Å². The number of allylic oxidation sites excluding steroid dienone is 4. The first kappa shape index (κ1) is 22.4. The van der Waals surface area contributed by atoms with Crippen LogP contribution < -0.4 is 0 Å². The largest absolute Gasteiger partial charge is 0.481 e. The van der Waals surface area contributed by atoms with Gasteiger partial charge in [-0.1, -0.05) is 43.7 Å². The lowest BCUT2D eigenvalue weighted by molar-refractivity contribution is -0.144. The summed E-state index contributed by atoms with van der Waals surface area (Å²) in [5.41, 5.74) is 1.13. The molecule has 0 saturated heterocycles. The Bertz CT molecular complexity index is 587. The van der Waals surface area contributed by atoms with Crippen LogP contribution in [-0.4, -0.2) is 28.1 Å². The molecular formula is C22H34O4. The van der Waals surface area contributed by atoms with Gasteiger partial charge in [0, 0.05) is 0 Å². The van der Waals surface area contributed by atoms with Gasteiger partial charge in [0.15, 0.2) is 5.78 Å². The number of aliphatic hydroxyl groups excluding tert-OH is 1. The van der Waals surface area contributed by atoms with Gasteiger partial charge in [-0.25, -0.2) is 0 Å². The van der Waals surface area contributed by atoms with Crippen molar-refractivity contribution >= 4 is 11.8 Å². The lowest BCUT2D eigenvalue weighted by Crippen LogP contribution is -2.42. The fourth-order valence-electron chi connectivity index (χ4n) is 3.86. The maximum absolute atomic E-state index is 13.1. The number of carboxylic acids is 1. The van der Waals surface area contributed by atoms with Crippen molar-refractivity contribution in [1.82, 2.24) is 0 Å². The van der Waals surface area contributed by atoms with Crippen LogP contribution in [0.25, 0.3) is 0 Å². The summed E-state index contributed by atoms with van der Waals surface area (Å²) in [4.78, 5) is 24.5. The Morgan fingerprint density at radius 3 is 2.46 bits per heavy atom. The first-order valence-electron chi connectivity index (χ1n) is 9.45. The van der Waals surface area contributed by atoms with Crippen LogP contribution in [0.2, 0.25) is 0 Å². The van der Waals surface area contributed by atoms with Crippen LogP contribution in [0.3, 0.4) is 0 Å². The van der Waals surface area contributed by atoms with Crippen LogP contribution in [0.4, 0.5) is 0 Å². The van der Waals surface area contributed by atoms with E-state index in [-0.39, 0.29) is 24.0 Å². The molecular weight excluding hydrogens is 328 g/mol. The van der Waals surface area contributed by atoms with Gasteiger partial charge in [0.2, 0.25) is 0 Å². The molecule has 146 valence electrons. The van der Waals surface area contributed by atoms with Gasteiger partial charge in [-0.15, -0.1) is 6.58 Å². The minimum Gasteiger partial charge on any atom is -0.481 e. The van der Waals surface area contributed by atoms with Crippen LogP contribution >= 0.6 is 0 Å². The highest BCUT2D eigenvalue weighted by Gasteiger charge is 2.44. The Balaban J connectivity index is 2.91. The molecule has 4 atom stereocenters. The van der Waals surface area contributed by atoms with Gasteiger partial charge in [0.25, 0.3) is 0 Å². The number of hydrogen-bond donors (Lipinski definition) is 2. The van der Waals surface area contributed by atoms with Gasteiger partial charge in [0.05, 0.1) is 11.3 Å². The lowest BCUT2D eigenvalue weighted by atomic mass is 9.63. The molecule has 4 heteroatoms. The van der Waals surface area contributed by atoms with Gasteiger partial charge in [-0.2, -0.15) is 0 Å². The number of carboxylic acid groups (broad SMARTS) is 1. The molecule has 2 N–H and O–H groups in total. The van der Waals surface area contributed by atoms with Crippen LogP contribution in [0, 0.1) is 23.2 Å². The highest BCUT2D eigenvalue weighted by Crippen LogP contribution is 2.45. The number of ketones is 1. The molecule has 1 aliphatic carbocycles. The highest BCUT2D eigenvalue weighted by molar-refractivity contribution is 5.91. The molecule has 1 rings (SSSR count). The summed E-state index contributed by atoms with van der Waals surface area (Å²) < 4.78 is 0. The number of aliphatic carboxylic acids is 1. The summed E-state index contributed by atoms with van der Waals surface area (Å²) in [6.45, 7) is 15.7. The second-order valence-corrected chi connectivity index (χ2v) is 8.18. The molecule has 0 bridgehead atoms. The summed E-state index contributed by atoms with van der Waals surface area (Å²) in [5, 5.41) is 19.9. The summed E-state index contributed by atoms with van der Waals surface area (Å²) in [5.74, 6) is -1.30. The van der Waals surface area contributed by atoms with Gasteiger partial charge in [-0.05, 0) is 57.8 Å². The zero-order valence-corrected chi connectivity index (χ0v) is 16.6. The van der Waals surface area contributed by atoms with Gasteiger partial charge in [-0.3, -0.25) is 9.59 Å². The molecule has 0 saturated carbocycles. The van der Waals surface area contributed by atoms with Gasteiger partial charge in [0.1, 0.15) is 6.10 Å². The van der Waals surface area contributed by atoms with E-state index >= 15 is 0 Å². The second-order valence-electron chi connectivity index (χ2n) is 8.18. The quantitative estimate of drug-likeness (QED) is 0.559. The average Bonchev–Trinajstić information content (AvgIpc) is 2.57. The van der Waals surface area contributed by atoms with E-state index in [9.17, 15) is 19.8 Å². The van der Waals surface area contributed by atoms with Crippen molar-refractivity contribution in [3.05, 3.63) is 36.5 Å². The van der Waals surface area contributed by atoms with Crippen molar-refractivity contribution in [3.8, 4) is 0 Å². The molecule has 0 aromatic heterocycles. The third kappa shape index (κ3) is 5.16. The third-order valence-electron chi connectivity index (χ3n) is 5.70. The fourth-order valence-corrected chi connectivity index (χ4v) is 3.86. The average molecular weight is 363 g/mol. The highest BCUT2D eigenvalue weighted by atomic mass is 16.4. The predicted octanol–water partition coefficient (Wildman–Crippen LogP) is 4.55. The Labute approximate surface area is 157 Å². The number of carbonyl (C=O) groups excluding carboxylic acids is 1. The summed E-state index contributed by atoms with van der Waals surface area (Å²) in [7, 11) is 0. The van der Waals surface area contributed by atoms with E-state index in [1.807, 2.05) is 39.8 Å². The molecule has 0 heterocycles. The Morgan fingerprint density at radius 1 is 1.38 bits per heavy atom. The Kier molecular flexibility index (Phi) is 8.01.